The van der Waals surface area contributed by atoms with E-state index in [4.69, 9.17) is 14.7 Å². The Morgan fingerprint density at radius 2 is 2.03 bits per heavy atom. The molecule has 0 amide bonds. The summed E-state index contributed by atoms with van der Waals surface area (Å²) in [5, 5.41) is 6.89. The molecule has 0 radical (unpaired) electrons. The van der Waals surface area contributed by atoms with Gasteiger partial charge in [-0.2, -0.15) is 0 Å². The second kappa shape index (κ2) is 11.7. The minimum Gasteiger partial charge on any atom is -0.379 e. The first-order valence-corrected chi connectivity index (χ1v) is 11.8. The van der Waals surface area contributed by atoms with Crippen LogP contribution < -0.4 is 10.2 Å². The van der Waals surface area contributed by atoms with Crippen LogP contribution in [0.15, 0.2) is 10.4 Å². The average molecular weight is 535 g/mol. The van der Waals surface area contributed by atoms with Gasteiger partial charge in [0, 0.05) is 70.2 Å². The number of anilines is 1. The number of nitrogens with zero attached hydrogens (tertiary/aromatic N) is 5. The zero-order valence-electron chi connectivity index (χ0n) is 17.5. The van der Waals surface area contributed by atoms with E-state index >= 15 is 0 Å². The summed E-state index contributed by atoms with van der Waals surface area (Å²) >= 11 is 1.78. The van der Waals surface area contributed by atoms with Crippen LogP contribution in [0.4, 0.5) is 5.13 Å². The van der Waals surface area contributed by atoms with E-state index in [0.29, 0.717) is 6.04 Å². The molecule has 4 heterocycles. The first-order valence-electron chi connectivity index (χ1n) is 10.9. The molecule has 0 spiro atoms. The second-order valence-corrected chi connectivity index (χ2v) is 8.67. The molecular formula is C20H35IN6OS. The topological polar surface area (TPSA) is 56.2 Å². The molecular weight excluding hydrogens is 499 g/mol. The molecule has 3 aliphatic rings. The van der Waals surface area contributed by atoms with Crippen molar-refractivity contribution >= 4 is 46.4 Å². The van der Waals surface area contributed by atoms with Gasteiger partial charge in [0.1, 0.15) is 0 Å². The number of aromatic nitrogens is 1. The van der Waals surface area contributed by atoms with Crippen molar-refractivity contribution in [2.45, 2.75) is 38.6 Å². The van der Waals surface area contributed by atoms with Gasteiger partial charge in [0.25, 0.3) is 0 Å². The highest BCUT2D eigenvalue weighted by molar-refractivity contribution is 14.0. The third-order valence-corrected chi connectivity index (χ3v) is 6.86. The predicted molar refractivity (Wildman–Crippen MR) is 131 cm³/mol. The van der Waals surface area contributed by atoms with E-state index < -0.39 is 0 Å². The van der Waals surface area contributed by atoms with Crippen LogP contribution in [0.25, 0.3) is 0 Å². The summed E-state index contributed by atoms with van der Waals surface area (Å²) in [6.45, 7) is 12.2. The molecule has 3 saturated heterocycles. The van der Waals surface area contributed by atoms with Crippen LogP contribution in [0, 0.1) is 0 Å². The number of halogens is 1. The summed E-state index contributed by atoms with van der Waals surface area (Å²) in [4.78, 5) is 17.2. The van der Waals surface area contributed by atoms with Crippen molar-refractivity contribution in [2.24, 2.45) is 4.99 Å². The maximum atomic E-state index is 5.50. The van der Waals surface area contributed by atoms with Crippen molar-refractivity contribution in [3.63, 3.8) is 0 Å². The number of likely N-dealkylation sites (tertiary alicyclic amines) is 1. The minimum absolute atomic E-state index is 0. The maximum Gasteiger partial charge on any atom is 0.193 e. The molecule has 0 saturated carbocycles. The normalized spacial score (nSPS) is 23.5. The Morgan fingerprint density at radius 3 is 2.79 bits per heavy atom. The van der Waals surface area contributed by atoms with Crippen molar-refractivity contribution in [1.29, 1.82) is 0 Å². The summed E-state index contributed by atoms with van der Waals surface area (Å²) in [5.74, 6) is 1.06. The van der Waals surface area contributed by atoms with Crippen LogP contribution in [-0.2, 0) is 11.2 Å². The monoisotopic (exact) mass is 534 g/mol. The number of morpholine rings is 1. The van der Waals surface area contributed by atoms with Crippen molar-refractivity contribution in [3.05, 3.63) is 11.1 Å². The standard InChI is InChI=1S/C20H34N6OS.HI/c1-2-21-19(26-10-6-18(15-26)24-11-13-27-14-12-24)22-7-5-17-16-28-20(23-17)25-8-3-4-9-25;/h16,18H,2-15H2,1H3,(H,21,22);1H. The Morgan fingerprint density at radius 1 is 1.24 bits per heavy atom. The quantitative estimate of drug-likeness (QED) is 0.344. The lowest BCUT2D eigenvalue weighted by atomic mass is 10.2. The van der Waals surface area contributed by atoms with Gasteiger partial charge in [-0.3, -0.25) is 9.89 Å². The van der Waals surface area contributed by atoms with Crippen molar-refractivity contribution < 1.29 is 4.74 Å². The van der Waals surface area contributed by atoms with Gasteiger partial charge in [-0.05, 0) is 26.2 Å². The van der Waals surface area contributed by atoms with Crippen molar-refractivity contribution in [1.82, 2.24) is 20.1 Å². The molecule has 1 unspecified atom stereocenters. The predicted octanol–water partition coefficient (Wildman–Crippen LogP) is 2.28. The minimum atomic E-state index is 0. The Bertz CT molecular complexity index is 645. The van der Waals surface area contributed by atoms with Gasteiger partial charge >= 0.3 is 0 Å². The molecule has 0 bridgehead atoms. The third-order valence-electron chi connectivity index (χ3n) is 5.91. The zero-order valence-corrected chi connectivity index (χ0v) is 20.7. The van der Waals surface area contributed by atoms with Gasteiger partial charge in [-0.1, -0.05) is 0 Å². The van der Waals surface area contributed by atoms with Gasteiger partial charge in [0.15, 0.2) is 11.1 Å². The Balaban J connectivity index is 0.00000240. The molecule has 0 aromatic carbocycles. The van der Waals surface area contributed by atoms with Crippen molar-refractivity contribution in [2.75, 3.05) is 70.5 Å². The highest BCUT2D eigenvalue weighted by atomic mass is 127. The van der Waals surface area contributed by atoms with E-state index in [2.05, 4.69) is 32.3 Å². The van der Waals surface area contributed by atoms with E-state index in [9.17, 15) is 0 Å². The third kappa shape index (κ3) is 6.18. The van der Waals surface area contributed by atoms with E-state index in [1.165, 1.54) is 30.1 Å². The van der Waals surface area contributed by atoms with Crippen LogP contribution in [0.2, 0.25) is 0 Å². The number of nitrogens with one attached hydrogen (secondary N) is 1. The van der Waals surface area contributed by atoms with Crippen LogP contribution >= 0.6 is 35.3 Å². The largest absolute Gasteiger partial charge is 0.379 e. The van der Waals surface area contributed by atoms with Gasteiger partial charge in [-0.15, -0.1) is 35.3 Å². The van der Waals surface area contributed by atoms with E-state index in [-0.39, 0.29) is 24.0 Å². The molecule has 1 N–H and O–H groups in total. The molecule has 29 heavy (non-hydrogen) atoms. The van der Waals surface area contributed by atoms with Gasteiger partial charge in [0.05, 0.1) is 18.9 Å². The smallest absolute Gasteiger partial charge is 0.193 e. The fraction of sp³-hybridized carbons (Fsp3) is 0.800. The zero-order chi connectivity index (χ0) is 19.2. The van der Waals surface area contributed by atoms with Crippen molar-refractivity contribution in [3.8, 4) is 0 Å². The SMILES string of the molecule is CCNC(=NCCc1csc(N2CCCC2)n1)N1CCC(N2CCOCC2)C1.I. The summed E-state index contributed by atoms with van der Waals surface area (Å²) in [7, 11) is 0. The lowest BCUT2D eigenvalue weighted by Gasteiger charge is -2.32. The maximum absolute atomic E-state index is 5.50. The molecule has 9 heteroatoms. The first-order chi connectivity index (χ1) is 13.8. The lowest BCUT2D eigenvalue weighted by Crippen LogP contribution is -2.46. The van der Waals surface area contributed by atoms with Crippen LogP contribution in [0.5, 0.6) is 0 Å². The summed E-state index contributed by atoms with van der Waals surface area (Å²) in [6.07, 6.45) is 4.73. The van der Waals surface area contributed by atoms with E-state index in [0.717, 1.165) is 78.0 Å². The van der Waals surface area contributed by atoms with E-state index in [1.54, 1.807) is 11.3 Å². The number of guanidine groups is 1. The van der Waals surface area contributed by atoms with Gasteiger partial charge in [-0.25, -0.2) is 4.98 Å². The van der Waals surface area contributed by atoms with Crippen LogP contribution in [0.3, 0.4) is 0 Å². The number of rotatable bonds is 6. The molecule has 3 fully saturated rings. The Kier molecular flexibility index (Phi) is 9.26. The summed E-state index contributed by atoms with van der Waals surface area (Å²) in [5.41, 5.74) is 1.18. The first kappa shape index (κ1) is 23.0. The molecule has 3 aliphatic heterocycles. The van der Waals surface area contributed by atoms with Crippen LogP contribution in [-0.4, -0.2) is 92.4 Å². The van der Waals surface area contributed by atoms with E-state index in [1.807, 2.05) is 0 Å². The number of thiazole rings is 1. The molecule has 1 aromatic heterocycles. The molecule has 1 atom stereocenters. The number of ether oxygens (including phenoxy) is 1. The molecule has 0 aliphatic carbocycles. The molecule has 7 nitrogen and oxygen atoms in total. The highest BCUT2D eigenvalue weighted by Gasteiger charge is 2.30. The van der Waals surface area contributed by atoms with Gasteiger partial charge < -0.3 is 19.9 Å². The lowest BCUT2D eigenvalue weighted by molar-refractivity contribution is 0.0195. The number of aliphatic imine (C=N–C) groups is 1. The summed E-state index contributed by atoms with van der Waals surface area (Å²) in [6, 6.07) is 0.634. The molecule has 1 aromatic rings. The Hall–Kier alpha value is -0.650. The Labute approximate surface area is 195 Å². The highest BCUT2D eigenvalue weighted by Crippen LogP contribution is 2.24. The average Bonchev–Trinajstić information content (AvgIpc) is 3.49. The summed E-state index contributed by atoms with van der Waals surface area (Å²) < 4.78 is 5.50. The molecule has 164 valence electrons. The number of hydrogen-bond acceptors (Lipinski definition) is 6. The fourth-order valence-electron chi connectivity index (χ4n) is 4.34. The second-order valence-electron chi connectivity index (χ2n) is 7.84. The molecule has 4 rings (SSSR count). The number of hydrogen-bond donors (Lipinski definition) is 1. The van der Waals surface area contributed by atoms with Gasteiger partial charge in [0.2, 0.25) is 0 Å². The van der Waals surface area contributed by atoms with Crippen LogP contribution in [0.1, 0.15) is 31.9 Å². The fourth-order valence-corrected chi connectivity index (χ4v) is 5.26.